The molecule has 0 fully saturated rings. The van der Waals surface area contributed by atoms with Gasteiger partial charge in [-0.25, -0.2) is 0 Å². The fourth-order valence-electron chi connectivity index (χ4n) is 3.65. The zero-order valence-corrected chi connectivity index (χ0v) is 18.1. The summed E-state index contributed by atoms with van der Waals surface area (Å²) in [6.45, 7) is 7.12. The van der Waals surface area contributed by atoms with Gasteiger partial charge in [-0.15, -0.1) is 0 Å². The van der Waals surface area contributed by atoms with Crippen molar-refractivity contribution in [1.29, 1.82) is 0 Å². The molecule has 0 unspecified atom stereocenters. The van der Waals surface area contributed by atoms with Crippen molar-refractivity contribution in [2.45, 2.75) is 52.2 Å². The van der Waals surface area contributed by atoms with Crippen LogP contribution in [0.4, 0.5) is 0 Å². The lowest BCUT2D eigenvalue weighted by Gasteiger charge is -2.25. The second kappa shape index (κ2) is 10.7. The highest BCUT2D eigenvalue weighted by atomic mass is 16.5. The Bertz CT molecular complexity index is 886. The molecule has 3 rings (SSSR count). The average Bonchev–Trinajstić information content (AvgIpc) is 3.27. The highest BCUT2D eigenvalue weighted by Crippen LogP contribution is 2.30. The molecular weight excluding hydrogens is 374 g/mol. The van der Waals surface area contributed by atoms with E-state index in [2.05, 4.69) is 36.4 Å². The molecule has 3 aromatic rings. The van der Waals surface area contributed by atoms with Crippen LogP contribution in [0.3, 0.4) is 0 Å². The predicted molar refractivity (Wildman–Crippen MR) is 120 cm³/mol. The smallest absolute Gasteiger partial charge is 0.222 e. The van der Waals surface area contributed by atoms with E-state index in [1.807, 2.05) is 56.0 Å². The number of furan rings is 1. The summed E-state index contributed by atoms with van der Waals surface area (Å²) >= 11 is 0. The van der Waals surface area contributed by atoms with E-state index in [0.29, 0.717) is 19.5 Å². The Labute approximate surface area is 179 Å². The predicted octanol–water partition coefficient (Wildman–Crippen LogP) is 6.03. The molecule has 1 atom stereocenters. The van der Waals surface area contributed by atoms with Crippen LogP contribution in [-0.2, 0) is 11.3 Å². The summed E-state index contributed by atoms with van der Waals surface area (Å²) in [5.74, 6) is 2.02. The maximum absolute atomic E-state index is 12.5. The van der Waals surface area contributed by atoms with Gasteiger partial charge >= 0.3 is 0 Å². The summed E-state index contributed by atoms with van der Waals surface area (Å²) in [5, 5.41) is 0. The first-order chi connectivity index (χ1) is 14.6. The molecule has 0 saturated carbocycles. The van der Waals surface area contributed by atoms with E-state index < -0.39 is 0 Å². The van der Waals surface area contributed by atoms with E-state index in [4.69, 9.17) is 9.15 Å². The van der Waals surface area contributed by atoms with Gasteiger partial charge in [-0.05, 0) is 55.7 Å². The van der Waals surface area contributed by atoms with Crippen molar-refractivity contribution < 1.29 is 13.9 Å². The van der Waals surface area contributed by atoms with Crippen molar-refractivity contribution in [1.82, 2.24) is 4.90 Å². The molecule has 0 aliphatic heterocycles. The van der Waals surface area contributed by atoms with E-state index >= 15 is 0 Å². The number of hydrogen-bond donors (Lipinski definition) is 0. The van der Waals surface area contributed by atoms with Gasteiger partial charge in [0.2, 0.25) is 5.91 Å². The third-order valence-electron chi connectivity index (χ3n) is 5.13. The molecule has 0 N–H and O–H groups in total. The van der Waals surface area contributed by atoms with Gasteiger partial charge in [-0.2, -0.15) is 0 Å². The van der Waals surface area contributed by atoms with Gasteiger partial charge in [0.1, 0.15) is 11.5 Å². The molecule has 0 aliphatic rings. The fourth-order valence-corrected chi connectivity index (χ4v) is 3.65. The number of nitrogens with zero attached hydrogens (tertiary/aromatic N) is 1. The molecule has 1 aromatic heterocycles. The summed E-state index contributed by atoms with van der Waals surface area (Å²) in [6.07, 6.45) is 3.12. The third kappa shape index (κ3) is 5.99. The number of carbonyl (C=O) groups excluding carboxylic acids is 1. The number of amides is 1. The lowest BCUT2D eigenvalue weighted by atomic mass is 9.88. The van der Waals surface area contributed by atoms with Crippen molar-refractivity contribution in [2.75, 3.05) is 6.54 Å². The summed E-state index contributed by atoms with van der Waals surface area (Å²) in [5.41, 5.74) is 2.47. The van der Waals surface area contributed by atoms with Crippen LogP contribution in [0.5, 0.6) is 5.75 Å². The second-order valence-electron chi connectivity index (χ2n) is 7.74. The number of rotatable bonds is 10. The van der Waals surface area contributed by atoms with Crippen molar-refractivity contribution >= 4 is 5.91 Å². The van der Waals surface area contributed by atoms with Crippen LogP contribution >= 0.6 is 0 Å². The van der Waals surface area contributed by atoms with Crippen molar-refractivity contribution in [2.24, 2.45) is 0 Å². The van der Waals surface area contributed by atoms with Gasteiger partial charge in [-0.1, -0.05) is 49.4 Å². The second-order valence-corrected chi connectivity index (χ2v) is 7.74. The van der Waals surface area contributed by atoms with Crippen LogP contribution in [0.25, 0.3) is 0 Å². The van der Waals surface area contributed by atoms with Gasteiger partial charge in [0.25, 0.3) is 0 Å². The first kappa shape index (κ1) is 21.7. The van der Waals surface area contributed by atoms with Crippen LogP contribution < -0.4 is 4.74 Å². The number of carbonyl (C=O) groups is 1. The molecule has 0 radical (unpaired) electrons. The average molecular weight is 406 g/mol. The molecule has 4 heteroatoms. The molecule has 0 aliphatic carbocycles. The summed E-state index contributed by atoms with van der Waals surface area (Å²) in [6, 6.07) is 22.6. The van der Waals surface area contributed by atoms with Gasteiger partial charge in [-0.3, -0.25) is 4.79 Å². The Balaban J connectivity index is 1.79. The van der Waals surface area contributed by atoms with E-state index in [1.54, 1.807) is 6.26 Å². The molecule has 1 heterocycles. The largest absolute Gasteiger partial charge is 0.491 e. The van der Waals surface area contributed by atoms with E-state index in [1.165, 1.54) is 11.1 Å². The standard InChI is InChI=1S/C26H31NO3/c1-4-26(28)27(19-24-11-8-18-29-24)17-16-25(21-9-6-5-7-10-21)22-12-14-23(15-13-22)30-20(2)3/h5-15,18,20,25H,4,16-17,19H2,1-3H3/t25-/m0/s1. The highest BCUT2D eigenvalue weighted by Gasteiger charge is 2.19. The molecule has 0 bridgehead atoms. The molecule has 0 saturated heterocycles. The topological polar surface area (TPSA) is 42.7 Å². The molecular formula is C26H31NO3. The number of benzene rings is 2. The normalized spacial score (nSPS) is 12.0. The zero-order valence-electron chi connectivity index (χ0n) is 18.1. The maximum Gasteiger partial charge on any atom is 0.222 e. The van der Waals surface area contributed by atoms with Crippen LogP contribution in [0.1, 0.15) is 56.4 Å². The minimum absolute atomic E-state index is 0.138. The first-order valence-electron chi connectivity index (χ1n) is 10.7. The highest BCUT2D eigenvalue weighted by molar-refractivity contribution is 5.75. The Morgan fingerprint density at radius 3 is 2.27 bits per heavy atom. The summed E-state index contributed by atoms with van der Waals surface area (Å²) in [7, 11) is 0. The van der Waals surface area contributed by atoms with E-state index in [9.17, 15) is 4.79 Å². The van der Waals surface area contributed by atoms with E-state index in [0.717, 1.165) is 17.9 Å². The minimum Gasteiger partial charge on any atom is -0.491 e. The lowest BCUT2D eigenvalue weighted by molar-refractivity contribution is -0.131. The molecule has 2 aromatic carbocycles. The first-order valence-corrected chi connectivity index (χ1v) is 10.7. The lowest BCUT2D eigenvalue weighted by Crippen LogP contribution is -2.31. The Morgan fingerprint density at radius 1 is 0.967 bits per heavy atom. The van der Waals surface area contributed by atoms with Crippen molar-refractivity contribution in [3.05, 3.63) is 89.9 Å². The van der Waals surface area contributed by atoms with Crippen molar-refractivity contribution in [3.63, 3.8) is 0 Å². The van der Waals surface area contributed by atoms with E-state index in [-0.39, 0.29) is 17.9 Å². The zero-order chi connectivity index (χ0) is 21.3. The van der Waals surface area contributed by atoms with Crippen LogP contribution in [0, 0.1) is 0 Å². The van der Waals surface area contributed by atoms with Gasteiger partial charge in [0.15, 0.2) is 0 Å². The van der Waals surface area contributed by atoms with Gasteiger partial charge < -0.3 is 14.1 Å². The van der Waals surface area contributed by atoms with Crippen LogP contribution in [0.2, 0.25) is 0 Å². The van der Waals surface area contributed by atoms with Gasteiger partial charge in [0.05, 0.1) is 18.9 Å². The monoisotopic (exact) mass is 405 g/mol. The Kier molecular flexibility index (Phi) is 7.72. The molecule has 30 heavy (non-hydrogen) atoms. The summed E-state index contributed by atoms with van der Waals surface area (Å²) in [4.78, 5) is 14.4. The summed E-state index contributed by atoms with van der Waals surface area (Å²) < 4.78 is 11.3. The molecule has 1 amide bonds. The van der Waals surface area contributed by atoms with Gasteiger partial charge in [0, 0.05) is 18.9 Å². The minimum atomic E-state index is 0.138. The van der Waals surface area contributed by atoms with Crippen LogP contribution in [-0.4, -0.2) is 23.5 Å². The maximum atomic E-state index is 12.5. The molecule has 0 spiro atoms. The quantitative estimate of drug-likeness (QED) is 0.414. The Morgan fingerprint density at radius 2 is 1.67 bits per heavy atom. The fraction of sp³-hybridized carbons (Fsp3) is 0.346. The SMILES string of the molecule is CCC(=O)N(CC[C@@H](c1ccccc1)c1ccc(OC(C)C)cc1)Cc1ccco1. The third-order valence-corrected chi connectivity index (χ3v) is 5.13. The number of hydrogen-bond acceptors (Lipinski definition) is 3. The Hall–Kier alpha value is -3.01. The molecule has 158 valence electrons. The number of ether oxygens (including phenoxy) is 1. The van der Waals surface area contributed by atoms with Crippen LogP contribution in [0.15, 0.2) is 77.4 Å². The van der Waals surface area contributed by atoms with Crippen molar-refractivity contribution in [3.8, 4) is 5.75 Å². The molecule has 4 nitrogen and oxygen atoms in total.